The molecule has 1 aromatic heterocycles. The Labute approximate surface area is 238 Å². The molecule has 0 aliphatic carbocycles. The topological polar surface area (TPSA) is 79.6 Å². The number of rotatable bonds is 4. The lowest BCUT2D eigenvalue weighted by molar-refractivity contribution is -0.383. The molecule has 41 heavy (non-hydrogen) atoms. The molecule has 2 aromatic carbocycles. The van der Waals surface area contributed by atoms with E-state index in [1.54, 1.807) is 6.07 Å². The van der Waals surface area contributed by atoms with E-state index in [1.165, 1.54) is 6.07 Å². The summed E-state index contributed by atoms with van der Waals surface area (Å²) in [6, 6.07) is 4.98. The minimum atomic E-state index is -4.85. The van der Waals surface area contributed by atoms with Crippen molar-refractivity contribution < 1.29 is 31.3 Å². The number of hydrogen-bond donors (Lipinski definition) is 0. The number of nitro groups is 1. The Hall–Kier alpha value is -2.97. The summed E-state index contributed by atoms with van der Waals surface area (Å²) in [6.45, 7) is 2.77. The van der Waals surface area contributed by atoms with E-state index in [-0.39, 0.29) is 20.3 Å². The van der Waals surface area contributed by atoms with Crippen molar-refractivity contribution in [3.05, 3.63) is 72.5 Å². The number of halogens is 7. The van der Waals surface area contributed by atoms with Crippen LogP contribution in [-0.4, -0.2) is 41.0 Å². The van der Waals surface area contributed by atoms with Crippen LogP contribution in [0, 0.1) is 15.5 Å². The van der Waals surface area contributed by atoms with Gasteiger partial charge in [-0.05, 0) is 68.0 Å². The van der Waals surface area contributed by atoms with E-state index in [0.29, 0.717) is 50.4 Å². The van der Waals surface area contributed by atoms with Gasteiger partial charge in [-0.3, -0.25) is 19.8 Å². The summed E-state index contributed by atoms with van der Waals surface area (Å²) in [6.07, 6.45) is -6.24. The largest absolute Gasteiger partial charge is 0.417 e. The van der Waals surface area contributed by atoms with E-state index >= 15 is 0 Å². The Morgan fingerprint density at radius 3 is 2.20 bits per heavy atom. The van der Waals surface area contributed by atoms with E-state index in [9.17, 15) is 41.3 Å². The van der Waals surface area contributed by atoms with Crippen LogP contribution in [0.3, 0.4) is 0 Å². The summed E-state index contributed by atoms with van der Waals surface area (Å²) in [5.74, 6) is 0. The summed E-state index contributed by atoms with van der Waals surface area (Å²) >= 11 is 6.56. The molecule has 2 saturated heterocycles. The molecule has 2 fully saturated rings. The van der Waals surface area contributed by atoms with Crippen LogP contribution < -0.4 is 10.5 Å². The van der Waals surface area contributed by atoms with Crippen molar-refractivity contribution in [2.45, 2.75) is 44.6 Å². The number of fused-ring (bicyclic) bond motifs is 1. The van der Waals surface area contributed by atoms with Crippen molar-refractivity contribution in [3.8, 4) is 0 Å². The second kappa shape index (κ2) is 10.7. The van der Waals surface area contributed by atoms with E-state index < -0.39 is 45.0 Å². The van der Waals surface area contributed by atoms with Crippen LogP contribution in [0.15, 0.2) is 35.1 Å². The highest BCUT2D eigenvalue weighted by Gasteiger charge is 2.39. The zero-order valence-electron chi connectivity index (χ0n) is 21.3. The second-order valence-corrected chi connectivity index (χ2v) is 11.9. The lowest BCUT2D eigenvalue weighted by atomic mass is 9.71. The third-order valence-corrected chi connectivity index (χ3v) is 9.46. The first-order valence-corrected chi connectivity index (χ1v) is 13.9. The molecule has 0 radical (unpaired) electrons. The molecule has 0 saturated carbocycles. The van der Waals surface area contributed by atoms with E-state index in [0.717, 1.165) is 43.1 Å². The van der Waals surface area contributed by atoms with Gasteiger partial charge in [-0.25, -0.2) is 0 Å². The molecule has 0 bridgehead atoms. The van der Waals surface area contributed by atoms with Crippen molar-refractivity contribution in [2.75, 3.05) is 31.1 Å². The number of nitro benzene ring substituents is 1. The van der Waals surface area contributed by atoms with Crippen LogP contribution in [0.5, 0.6) is 0 Å². The predicted molar refractivity (Wildman–Crippen MR) is 142 cm³/mol. The number of benzene rings is 2. The van der Waals surface area contributed by atoms with Crippen LogP contribution in [0.4, 0.5) is 37.2 Å². The van der Waals surface area contributed by atoms with Gasteiger partial charge in [-0.2, -0.15) is 31.3 Å². The number of piperidine rings is 2. The fourth-order valence-electron chi connectivity index (χ4n) is 5.58. The zero-order valence-corrected chi connectivity index (χ0v) is 22.9. The second-order valence-electron chi connectivity index (χ2n) is 10.5. The molecule has 0 atom stereocenters. The van der Waals surface area contributed by atoms with Crippen molar-refractivity contribution in [2.24, 2.45) is 5.41 Å². The molecule has 2 aliphatic rings. The summed E-state index contributed by atoms with van der Waals surface area (Å²) in [7, 11) is 0. The molecular weight excluding hydrogens is 598 g/mol. The summed E-state index contributed by atoms with van der Waals surface area (Å²) in [5.41, 5.74) is -3.34. The maximum Gasteiger partial charge on any atom is 0.417 e. The van der Waals surface area contributed by atoms with E-state index in [2.05, 4.69) is 9.88 Å². The number of aromatic nitrogens is 1. The lowest BCUT2D eigenvalue weighted by Gasteiger charge is -2.47. The van der Waals surface area contributed by atoms with E-state index in [1.807, 2.05) is 4.90 Å². The molecule has 220 valence electrons. The Bertz CT molecular complexity index is 1540. The molecule has 15 heteroatoms. The number of nitrogens with zero attached hydrogens (tertiary/aromatic N) is 4. The molecule has 5 rings (SSSR count). The van der Waals surface area contributed by atoms with Crippen molar-refractivity contribution in [1.82, 2.24) is 9.88 Å². The summed E-state index contributed by atoms with van der Waals surface area (Å²) in [4.78, 5) is 31.2. The zero-order chi connectivity index (χ0) is 29.7. The highest BCUT2D eigenvalue weighted by Crippen LogP contribution is 2.44. The lowest BCUT2D eigenvalue weighted by Crippen LogP contribution is -2.46. The van der Waals surface area contributed by atoms with Gasteiger partial charge in [0, 0.05) is 25.7 Å². The highest BCUT2D eigenvalue weighted by molar-refractivity contribution is 7.22. The first-order chi connectivity index (χ1) is 19.1. The minimum Gasteiger partial charge on any atom is -0.348 e. The summed E-state index contributed by atoms with van der Waals surface area (Å²) in [5, 5.41) is 11.0. The smallest absolute Gasteiger partial charge is 0.348 e. The van der Waals surface area contributed by atoms with Gasteiger partial charge >= 0.3 is 12.4 Å². The SMILES string of the molecule is O=c1nc(N2CCC3(CCN(Cc4ccc(Cl)c(C(F)(F)F)c4)CC3)CC2)sc2c([N+](=O)[O-])cc(C(F)(F)F)cc12. The van der Waals surface area contributed by atoms with Crippen LogP contribution in [0.25, 0.3) is 10.1 Å². The van der Waals surface area contributed by atoms with Crippen LogP contribution in [0.1, 0.15) is 42.4 Å². The Morgan fingerprint density at radius 1 is 0.976 bits per heavy atom. The van der Waals surface area contributed by atoms with Crippen LogP contribution in [0.2, 0.25) is 5.02 Å². The average molecular weight is 621 g/mol. The van der Waals surface area contributed by atoms with Gasteiger partial charge in [0.05, 0.1) is 26.5 Å². The van der Waals surface area contributed by atoms with Gasteiger partial charge in [0.15, 0.2) is 5.13 Å². The standard InChI is InChI=1S/C26H23ClF6N4O3S/c27-19-2-1-15(11-18(19)26(31,32)33)14-35-7-3-24(4-8-35)5-9-36(10-6-24)23-34-22(38)17-12-16(25(28,29)30)13-20(37(39)40)21(17)41-23/h1-2,11-13H,3-10,14H2. The van der Waals surface area contributed by atoms with Gasteiger partial charge in [0.25, 0.3) is 11.2 Å². The normalized spacial score (nSPS) is 18.3. The quantitative estimate of drug-likeness (QED) is 0.175. The molecule has 3 aromatic rings. The fraction of sp³-hybridized carbons (Fsp3) is 0.462. The molecule has 1 spiro atoms. The molecule has 0 unspecified atom stereocenters. The first kappa shape index (κ1) is 29.5. The van der Waals surface area contributed by atoms with Crippen molar-refractivity contribution >= 4 is 43.8 Å². The minimum absolute atomic E-state index is 0.000454. The van der Waals surface area contributed by atoms with Gasteiger partial charge in [0.2, 0.25) is 0 Å². The maximum atomic E-state index is 13.2. The molecule has 0 amide bonds. The number of hydrogen-bond acceptors (Lipinski definition) is 7. The average Bonchev–Trinajstić information content (AvgIpc) is 2.90. The molecule has 0 N–H and O–H groups in total. The van der Waals surface area contributed by atoms with Gasteiger partial charge in [-0.15, -0.1) is 0 Å². The summed E-state index contributed by atoms with van der Waals surface area (Å²) < 4.78 is 79.2. The Kier molecular flexibility index (Phi) is 7.70. The van der Waals surface area contributed by atoms with Crippen molar-refractivity contribution in [3.63, 3.8) is 0 Å². The van der Waals surface area contributed by atoms with E-state index in [4.69, 9.17) is 11.6 Å². The first-order valence-electron chi connectivity index (χ1n) is 12.7. The predicted octanol–water partition coefficient (Wildman–Crippen LogP) is 7.14. The Balaban J connectivity index is 1.27. The van der Waals surface area contributed by atoms with Crippen molar-refractivity contribution in [1.29, 1.82) is 0 Å². The Morgan fingerprint density at radius 2 is 1.61 bits per heavy atom. The maximum absolute atomic E-state index is 13.2. The molecular formula is C26H23ClF6N4O3S. The molecule has 7 nitrogen and oxygen atoms in total. The fourth-order valence-corrected chi connectivity index (χ4v) is 6.92. The van der Waals surface area contributed by atoms with Crippen LogP contribution in [-0.2, 0) is 18.9 Å². The van der Waals surface area contributed by atoms with Gasteiger partial charge < -0.3 is 4.90 Å². The number of non-ortho nitro benzene ring substituents is 1. The third kappa shape index (κ3) is 6.14. The number of alkyl halides is 6. The number of anilines is 1. The third-order valence-electron chi connectivity index (χ3n) is 7.97. The van der Waals surface area contributed by atoms with Gasteiger partial charge in [0.1, 0.15) is 4.70 Å². The van der Waals surface area contributed by atoms with Crippen LogP contribution >= 0.6 is 22.9 Å². The number of likely N-dealkylation sites (tertiary alicyclic amines) is 1. The highest BCUT2D eigenvalue weighted by atomic mass is 35.5. The molecule has 3 heterocycles. The monoisotopic (exact) mass is 620 g/mol. The van der Waals surface area contributed by atoms with Gasteiger partial charge in [-0.1, -0.05) is 29.0 Å². The molecule has 2 aliphatic heterocycles.